The number of aliphatic hydroxyl groups is 1. The van der Waals surface area contributed by atoms with Gasteiger partial charge in [0.05, 0.1) is 19.3 Å². The molecule has 0 heterocycles. The fourth-order valence-corrected chi connectivity index (χ4v) is 2.04. The van der Waals surface area contributed by atoms with Crippen molar-refractivity contribution in [3.63, 3.8) is 0 Å². The molecule has 0 bridgehead atoms. The maximum absolute atomic E-state index is 11.1. The van der Waals surface area contributed by atoms with Gasteiger partial charge in [-0.2, -0.15) is 0 Å². The summed E-state index contributed by atoms with van der Waals surface area (Å²) < 4.78 is 5.33. The Bertz CT molecular complexity index is 366. The molecule has 0 saturated heterocycles. The maximum Gasteiger partial charge on any atom is 0.234 e. The second kappa shape index (κ2) is 15.1. The van der Waals surface area contributed by atoms with Crippen LogP contribution in [-0.4, -0.2) is 62.5 Å². The molecule has 24 heavy (non-hydrogen) atoms. The van der Waals surface area contributed by atoms with E-state index in [4.69, 9.17) is 10.5 Å². The molecule has 0 aliphatic heterocycles. The van der Waals surface area contributed by atoms with E-state index in [0.29, 0.717) is 45.6 Å². The Morgan fingerprint density at radius 2 is 2.00 bits per heavy atom. The van der Waals surface area contributed by atoms with E-state index in [9.17, 15) is 14.7 Å². The Kier molecular flexibility index (Phi) is 14.1. The van der Waals surface area contributed by atoms with Gasteiger partial charge < -0.3 is 26.2 Å². The molecule has 0 aliphatic carbocycles. The van der Waals surface area contributed by atoms with Crippen molar-refractivity contribution in [2.45, 2.75) is 44.4 Å². The number of ether oxygens (including phenoxy) is 1. The first-order chi connectivity index (χ1) is 11.5. The molecular weight excluding hydrogens is 312 g/mol. The van der Waals surface area contributed by atoms with E-state index >= 15 is 0 Å². The number of nitrogens with one attached hydrogen (secondary N) is 3. The number of carbonyl (C=O) groups is 2. The number of hydrogen-bond donors (Lipinski definition) is 5. The molecule has 0 rings (SSSR count). The minimum atomic E-state index is -0.628. The molecule has 0 aromatic carbocycles. The lowest BCUT2D eigenvalue weighted by Crippen LogP contribution is -2.39. The lowest BCUT2D eigenvalue weighted by molar-refractivity contribution is -0.121. The lowest BCUT2D eigenvalue weighted by atomic mass is 10.1. The molecule has 0 radical (unpaired) electrons. The predicted molar refractivity (Wildman–Crippen MR) is 93.2 cm³/mol. The summed E-state index contributed by atoms with van der Waals surface area (Å²) in [5, 5.41) is 18.3. The number of nitrogens with two attached hydrogens (primary N) is 1. The monoisotopic (exact) mass is 344 g/mol. The Hall–Kier alpha value is -1.48. The zero-order valence-corrected chi connectivity index (χ0v) is 14.6. The number of likely N-dealkylation sites (N-methyl/N-ethyl adjacent to an activating group) is 1. The second-order valence-electron chi connectivity index (χ2n) is 5.45. The summed E-state index contributed by atoms with van der Waals surface area (Å²) in [5.41, 5.74) is 5.23. The van der Waals surface area contributed by atoms with Gasteiger partial charge in [-0.05, 0) is 26.4 Å². The minimum Gasteiger partial charge on any atom is -0.379 e. The normalized spacial score (nSPS) is 13.2. The van der Waals surface area contributed by atoms with Gasteiger partial charge in [0.1, 0.15) is 6.23 Å². The van der Waals surface area contributed by atoms with Crippen LogP contribution in [0, 0.1) is 0 Å². The van der Waals surface area contributed by atoms with Crippen molar-refractivity contribution in [1.29, 1.82) is 0 Å². The van der Waals surface area contributed by atoms with Gasteiger partial charge in [-0.25, -0.2) is 0 Å². The van der Waals surface area contributed by atoms with Crippen molar-refractivity contribution in [2.75, 3.05) is 33.4 Å². The van der Waals surface area contributed by atoms with Gasteiger partial charge >= 0.3 is 0 Å². The fraction of sp³-hybridized carbons (Fsp3) is 0.750. The molecule has 0 aliphatic rings. The highest BCUT2D eigenvalue weighted by Gasteiger charge is 2.11. The molecule has 0 spiro atoms. The van der Waals surface area contributed by atoms with E-state index in [2.05, 4.69) is 22.5 Å². The maximum atomic E-state index is 11.1. The molecule has 6 N–H and O–H groups in total. The molecule has 0 aromatic heterocycles. The predicted octanol–water partition coefficient (Wildman–Crippen LogP) is -0.763. The van der Waals surface area contributed by atoms with E-state index in [-0.39, 0.29) is 17.9 Å². The van der Waals surface area contributed by atoms with Gasteiger partial charge in [-0.15, -0.1) is 6.58 Å². The molecule has 140 valence electrons. The summed E-state index contributed by atoms with van der Waals surface area (Å²) in [6, 6.07) is -0.296. The molecule has 2 atom stereocenters. The van der Waals surface area contributed by atoms with Crippen LogP contribution in [-0.2, 0) is 14.3 Å². The number of aliphatic hydroxyl groups excluding tert-OH is 1. The number of primary amides is 1. The van der Waals surface area contributed by atoms with Crippen molar-refractivity contribution in [3.8, 4) is 0 Å². The third-order valence-electron chi connectivity index (χ3n) is 3.43. The van der Waals surface area contributed by atoms with Crippen molar-refractivity contribution in [3.05, 3.63) is 12.7 Å². The summed E-state index contributed by atoms with van der Waals surface area (Å²) in [4.78, 5) is 22.2. The van der Waals surface area contributed by atoms with Crippen LogP contribution in [0.1, 0.15) is 32.1 Å². The van der Waals surface area contributed by atoms with Gasteiger partial charge in [0.15, 0.2) is 0 Å². The van der Waals surface area contributed by atoms with Crippen LogP contribution in [0.2, 0.25) is 0 Å². The van der Waals surface area contributed by atoms with E-state index in [1.165, 1.54) is 0 Å². The van der Waals surface area contributed by atoms with Gasteiger partial charge in [0.2, 0.25) is 11.8 Å². The SMILES string of the molecule is C=CCC(=O)NCCOCCC(O)NCCCCC(NC)C(N)=O. The first-order valence-electron chi connectivity index (χ1n) is 8.34. The molecule has 0 fully saturated rings. The molecule has 8 nitrogen and oxygen atoms in total. The number of unbranched alkanes of at least 4 members (excludes halogenated alkanes) is 1. The van der Waals surface area contributed by atoms with Crippen LogP contribution in [0.4, 0.5) is 0 Å². The van der Waals surface area contributed by atoms with Crippen molar-refractivity contribution in [2.24, 2.45) is 5.73 Å². The molecule has 0 saturated carbocycles. The third kappa shape index (κ3) is 13.0. The molecular formula is C16H32N4O4. The molecule has 2 amide bonds. The zero-order valence-electron chi connectivity index (χ0n) is 14.6. The lowest BCUT2D eigenvalue weighted by Gasteiger charge is -2.14. The summed E-state index contributed by atoms with van der Waals surface area (Å²) in [6.45, 7) is 5.41. The van der Waals surface area contributed by atoms with E-state index in [1.54, 1.807) is 13.1 Å². The number of carbonyl (C=O) groups excluding carboxylic acids is 2. The standard InChI is InChI=1S/C16H32N4O4/c1-3-6-14(21)20-10-12-24-11-8-15(22)19-9-5-4-7-13(18-2)16(17)23/h3,13,15,18-19,22H,1,4-12H2,2H3,(H2,17,23)(H,20,21). The van der Waals surface area contributed by atoms with Crippen molar-refractivity contribution in [1.82, 2.24) is 16.0 Å². The van der Waals surface area contributed by atoms with E-state index in [1.807, 2.05) is 0 Å². The summed E-state index contributed by atoms with van der Waals surface area (Å²) in [6.07, 6.45) is 4.07. The van der Waals surface area contributed by atoms with E-state index < -0.39 is 6.23 Å². The molecule has 0 aromatic rings. The number of amides is 2. The largest absolute Gasteiger partial charge is 0.379 e. The smallest absolute Gasteiger partial charge is 0.234 e. The van der Waals surface area contributed by atoms with Crippen molar-refractivity contribution >= 4 is 11.8 Å². The quantitative estimate of drug-likeness (QED) is 0.142. The van der Waals surface area contributed by atoms with Gasteiger partial charge in [-0.1, -0.05) is 12.5 Å². The Balaban J connectivity index is 3.44. The Morgan fingerprint density at radius 3 is 2.62 bits per heavy atom. The summed E-state index contributed by atoms with van der Waals surface area (Å²) in [7, 11) is 1.71. The number of hydrogen-bond acceptors (Lipinski definition) is 6. The highest BCUT2D eigenvalue weighted by molar-refractivity contribution is 5.79. The summed E-state index contributed by atoms with van der Waals surface area (Å²) >= 11 is 0. The van der Waals surface area contributed by atoms with Crippen LogP contribution < -0.4 is 21.7 Å². The number of rotatable bonds is 16. The fourth-order valence-electron chi connectivity index (χ4n) is 2.04. The van der Waals surface area contributed by atoms with Gasteiger partial charge in [0.25, 0.3) is 0 Å². The zero-order chi connectivity index (χ0) is 18.2. The first-order valence-corrected chi connectivity index (χ1v) is 8.34. The highest BCUT2D eigenvalue weighted by Crippen LogP contribution is 2.00. The van der Waals surface area contributed by atoms with Crippen LogP contribution >= 0.6 is 0 Å². The van der Waals surface area contributed by atoms with Gasteiger partial charge in [0, 0.05) is 19.4 Å². The van der Waals surface area contributed by atoms with Crippen LogP contribution in [0.25, 0.3) is 0 Å². The van der Waals surface area contributed by atoms with Crippen LogP contribution in [0.15, 0.2) is 12.7 Å². The highest BCUT2D eigenvalue weighted by atomic mass is 16.5. The van der Waals surface area contributed by atoms with E-state index in [0.717, 1.165) is 12.8 Å². The van der Waals surface area contributed by atoms with Crippen LogP contribution in [0.3, 0.4) is 0 Å². The average molecular weight is 344 g/mol. The topological polar surface area (TPSA) is 126 Å². The second-order valence-corrected chi connectivity index (χ2v) is 5.45. The van der Waals surface area contributed by atoms with Crippen molar-refractivity contribution < 1.29 is 19.4 Å². The Morgan fingerprint density at radius 1 is 1.25 bits per heavy atom. The summed E-state index contributed by atoms with van der Waals surface area (Å²) in [5.74, 6) is -0.421. The minimum absolute atomic E-state index is 0.0767. The first kappa shape index (κ1) is 22.5. The molecule has 2 unspecified atom stereocenters. The third-order valence-corrected chi connectivity index (χ3v) is 3.43. The average Bonchev–Trinajstić information content (AvgIpc) is 2.54. The Labute approximate surface area is 144 Å². The van der Waals surface area contributed by atoms with Crippen LogP contribution in [0.5, 0.6) is 0 Å². The van der Waals surface area contributed by atoms with Gasteiger partial charge in [-0.3, -0.25) is 14.9 Å². The molecule has 8 heteroatoms.